The Morgan fingerprint density at radius 1 is 1.07 bits per heavy atom. The molecule has 27 heavy (non-hydrogen) atoms. The Labute approximate surface area is 153 Å². The summed E-state index contributed by atoms with van der Waals surface area (Å²) in [6.45, 7) is 0.0602. The molecule has 0 radical (unpaired) electrons. The first-order chi connectivity index (χ1) is 13.0. The maximum Gasteiger partial charge on any atom is 0.251 e. The van der Waals surface area contributed by atoms with E-state index >= 15 is 0 Å². The normalized spacial score (nSPS) is 10.5. The average molecular weight is 374 g/mol. The summed E-state index contributed by atoms with van der Waals surface area (Å²) in [6.07, 6.45) is 0. The van der Waals surface area contributed by atoms with Gasteiger partial charge in [0, 0.05) is 23.8 Å². The molecule has 3 aromatic rings. The second-order valence-corrected chi connectivity index (χ2v) is 5.59. The summed E-state index contributed by atoms with van der Waals surface area (Å²) < 4.78 is 42.1. The predicted molar refractivity (Wildman–Crippen MR) is 92.6 cm³/mol. The Kier molecular flexibility index (Phi) is 5.35. The Bertz CT molecular complexity index is 950. The highest BCUT2D eigenvalue weighted by molar-refractivity contribution is 5.95. The summed E-state index contributed by atoms with van der Waals surface area (Å²) >= 11 is 0. The van der Waals surface area contributed by atoms with Crippen LogP contribution >= 0.6 is 0 Å². The van der Waals surface area contributed by atoms with Crippen LogP contribution in [0.1, 0.15) is 16.1 Å². The van der Waals surface area contributed by atoms with Crippen molar-refractivity contribution >= 4 is 5.91 Å². The van der Waals surface area contributed by atoms with Crippen molar-refractivity contribution in [2.75, 3.05) is 14.2 Å². The van der Waals surface area contributed by atoms with Crippen molar-refractivity contribution in [2.24, 2.45) is 0 Å². The number of aromatic nitrogens is 1. The van der Waals surface area contributed by atoms with Gasteiger partial charge in [-0.2, -0.15) is 0 Å². The second kappa shape index (κ2) is 7.86. The lowest BCUT2D eigenvalue weighted by Gasteiger charge is -2.08. The van der Waals surface area contributed by atoms with E-state index in [0.29, 0.717) is 22.8 Å². The molecule has 1 N–H and O–H groups in total. The highest BCUT2D eigenvalue weighted by Crippen LogP contribution is 2.25. The molecular formula is C19H16F2N2O4. The zero-order valence-electron chi connectivity index (χ0n) is 14.6. The second-order valence-electron chi connectivity index (χ2n) is 5.59. The number of nitrogens with one attached hydrogen (secondary N) is 1. The summed E-state index contributed by atoms with van der Waals surface area (Å²) in [6, 6.07) is 9.41. The van der Waals surface area contributed by atoms with Gasteiger partial charge in [0.2, 0.25) is 0 Å². The molecule has 1 amide bonds. The van der Waals surface area contributed by atoms with Gasteiger partial charge >= 0.3 is 0 Å². The Hall–Kier alpha value is -3.42. The SMILES string of the molecule is COc1cc(OC)cc(C(=O)NCc2cc(-c3ccc(F)cc3F)on2)c1. The van der Waals surface area contributed by atoms with Crippen LogP contribution in [0.25, 0.3) is 11.3 Å². The van der Waals surface area contributed by atoms with Crippen LogP contribution in [-0.2, 0) is 6.54 Å². The van der Waals surface area contributed by atoms with Crippen molar-refractivity contribution in [3.8, 4) is 22.8 Å². The van der Waals surface area contributed by atoms with Crippen molar-refractivity contribution in [2.45, 2.75) is 6.54 Å². The van der Waals surface area contributed by atoms with E-state index in [9.17, 15) is 13.6 Å². The predicted octanol–water partition coefficient (Wildman–Crippen LogP) is 3.57. The third-order valence-electron chi connectivity index (χ3n) is 3.80. The van der Waals surface area contributed by atoms with E-state index in [1.54, 1.807) is 18.2 Å². The molecule has 6 nitrogen and oxygen atoms in total. The third kappa shape index (κ3) is 4.22. The number of amides is 1. The molecule has 0 unspecified atom stereocenters. The summed E-state index contributed by atoms with van der Waals surface area (Å²) in [5.41, 5.74) is 0.815. The number of halogens is 2. The lowest BCUT2D eigenvalue weighted by molar-refractivity contribution is 0.0949. The van der Waals surface area contributed by atoms with Crippen LogP contribution in [0.4, 0.5) is 8.78 Å². The maximum absolute atomic E-state index is 13.8. The number of hydrogen-bond donors (Lipinski definition) is 1. The third-order valence-corrected chi connectivity index (χ3v) is 3.80. The minimum absolute atomic E-state index is 0.0602. The number of rotatable bonds is 6. The molecule has 1 aromatic heterocycles. The fourth-order valence-corrected chi connectivity index (χ4v) is 2.42. The first kappa shape index (κ1) is 18.4. The van der Waals surface area contributed by atoms with E-state index in [0.717, 1.165) is 12.1 Å². The van der Waals surface area contributed by atoms with Gasteiger partial charge in [-0.1, -0.05) is 5.16 Å². The molecule has 0 spiro atoms. The monoisotopic (exact) mass is 374 g/mol. The number of nitrogens with zero attached hydrogens (tertiary/aromatic N) is 1. The van der Waals surface area contributed by atoms with Gasteiger partial charge in [0.25, 0.3) is 5.91 Å². The minimum atomic E-state index is -0.759. The van der Waals surface area contributed by atoms with Gasteiger partial charge in [-0.15, -0.1) is 0 Å². The van der Waals surface area contributed by atoms with Crippen molar-refractivity contribution < 1.29 is 27.6 Å². The molecule has 1 heterocycles. The van der Waals surface area contributed by atoms with Crippen LogP contribution in [0.15, 0.2) is 47.0 Å². The van der Waals surface area contributed by atoms with Gasteiger partial charge in [0.05, 0.1) is 26.3 Å². The molecule has 0 aliphatic rings. The quantitative estimate of drug-likeness (QED) is 0.714. The Morgan fingerprint density at radius 3 is 2.41 bits per heavy atom. The molecule has 0 saturated heterocycles. The number of carbonyl (C=O) groups excluding carboxylic acids is 1. The summed E-state index contributed by atoms with van der Waals surface area (Å²) in [4.78, 5) is 12.3. The fraction of sp³-hybridized carbons (Fsp3) is 0.158. The Morgan fingerprint density at radius 2 is 1.78 bits per heavy atom. The molecule has 0 bridgehead atoms. The minimum Gasteiger partial charge on any atom is -0.497 e. The molecular weight excluding hydrogens is 358 g/mol. The molecule has 3 rings (SSSR count). The number of hydrogen-bond acceptors (Lipinski definition) is 5. The standard InChI is InChI=1S/C19H16F2N2O4/c1-25-14-5-11(6-15(9-14)26-2)19(24)22-10-13-8-18(27-23-13)16-4-3-12(20)7-17(16)21/h3-9H,10H2,1-2H3,(H,22,24). The van der Waals surface area contributed by atoms with E-state index in [4.69, 9.17) is 14.0 Å². The highest BCUT2D eigenvalue weighted by atomic mass is 19.1. The number of benzene rings is 2. The van der Waals surface area contributed by atoms with E-state index < -0.39 is 11.6 Å². The van der Waals surface area contributed by atoms with Crippen molar-refractivity contribution in [3.63, 3.8) is 0 Å². The number of methoxy groups -OCH3 is 2. The van der Waals surface area contributed by atoms with E-state index in [-0.39, 0.29) is 23.8 Å². The lowest BCUT2D eigenvalue weighted by atomic mass is 10.1. The smallest absolute Gasteiger partial charge is 0.251 e. The fourth-order valence-electron chi connectivity index (χ4n) is 2.42. The Balaban J connectivity index is 1.70. The molecule has 0 atom stereocenters. The molecule has 140 valence electrons. The summed E-state index contributed by atoms with van der Waals surface area (Å²) in [5, 5.41) is 6.47. The van der Waals surface area contributed by atoms with Crippen LogP contribution < -0.4 is 14.8 Å². The van der Waals surface area contributed by atoms with Crippen LogP contribution in [0, 0.1) is 11.6 Å². The molecule has 2 aromatic carbocycles. The molecule has 8 heteroatoms. The van der Waals surface area contributed by atoms with Gasteiger partial charge in [-0.25, -0.2) is 8.78 Å². The van der Waals surface area contributed by atoms with Crippen LogP contribution in [-0.4, -0.2) is 25.3 Å². The average Bonchev–Trinajstić information content (AvgIpc) is 3.14. The first-order valence-corrected chi connectivity index (χ1v) is 7.92. The summed E-state index contributed by atoms with van der Waals surface area (Å²) in [7, 11) is 2.98. The van der Waals surface area contributed by atoms with Crippen molar-refractivity contribution in [1.82, 2.24) is 10.5 Å². The van der Waals surface area contributed by atoms with Gasteiger partial charge in [0.15, 0.2) is 5.76 Å². The number of carbonyl (C=O) groups is 1. The largest absolute Gasteiger partial charge is 0.497 e. The zero-order chi connectivity index (χ0) is 19.4. The highest BCUT2D eigenvalue weighted by Gasteiger charge is 2.14. The van der Waals surface area contributed by atoms with Crippen LogP contribution in [0.3, 0.4) is 0 Å². The number of ether oxygens (including phenoxy) is 2. The van der Waals surface area contributed by atoms with E-state index in [1.165, 1.54) is 26.4 Å². The van der Waals surface area contributed by atoms with Crippen LogP contribution in [0.2, 0.25) is 0 Å². The van der Waals surface area contributed by atoms with Gasteiger partial charge in [0.1, 0.15) is 28.8 Å². The lowest BCUT2D eigenvalue weighted by Crippen LogP contribution is -2.23. The van der Waals surface area contributed by atoms with Gasteiger partial charge in [-0.05, 0) is 24.3 Å². The maximum atomic E-state index is 13.8. The molecule has 0 saturated carbocycles. The zero-order valence-corrected chi connectivity index (χ0v) is 14.6. The molecule has 0 fully saturated rings. The topological polar surface area (TPSA) is 73.6 Å². The summed E-state index contributed by atoms with van der Waals surface area (Å²) in [5.74, 6) is -0.711. The van der Waals surface area contributed by atoms with Gasteiger partial charge < -0.3 is 19.3 Å². The molecule has 0 aliphatic carbocycles. The van der Waals surface area contributed by atoms with E-state index in [2.05, 4.69) is 10.5 Å². The van der Waals surface area contributed by atoms with Gasteiger partial charge in [-0.3, -0.25) is 4.79 Å². The van der Waals surface area contributed by atoms with Crippen molar-refractivity contribution in [1.29, 1.82) is 0 Å². The molecule has 0 aliphatic heterocycles. The first-order valence-electron chi connectivity index (χ1n) is 7.92. The van der Waals surface area contributed by atoms with Crippen LogP contribution in [0.5, 0.6) is 11.5 Å². The van der Waals surface area contributed by atoms with Crippen molar-refractivity contribution in [3.05, 3.63) is 65.4 Å². The van der Waals surface area contributed by atoms with E-state index in [1.807, 2.05) is 0 Å².